The summed E-state index contributed by atoms with van der Waals surface area (Å²) in [6.07, 6.45) is 23.4. The van der Waals surface area contributed by atoms with E-state index in [1.54, 1.807) is 0 Å². The van der Waals surface area contributed by atoms with E-state index in [2.05, 4.69) is 19.2 Å². The fourth-order valence-electron chi connectivity index (χ4n) is 4.23. The van der Waals surface area contributed by atoms with Gasteiger partial charge in [0, 0.05) is 19.8 Å². The predicted molar refractivity (Wildman–Crippen MR) is 150 cm³/mol. The smallest absolute Gasteiger partial charge is 0.144 e. The fourth-order valence-corrected chi connectivity index (χ4v) is 4.23. The molecule has 1 rings (SSSR count). The molecule has 0 unspecified atom stereocenters. The summed E-state index contributed by atoms with van der Waals surface area (Å²) in [4.78, 5) is 0. The van der Waals surface area contributed by atoms with Crippen molar-refractivity contribution >= 4 is 11.4 Å². The summed E-state index contributed by atoms with van der Waals surface area (Å²) in [5.74, 6) is 0.807. The predicted octanol–water partition coefficient (Wildman–Crippen LogP) is 9.14. The Morgan fingerprint density at radius 2 is 1.12 bits per heavy atom. The van der Waals surface area contributed by atoms with Crippen molar-refractivity contribution in [2.75, 3.05) is 37.4 Å². The summed E-state index contributed by atoms with van der Waals surface area (Å²) in [5, 5.41) is 3.47. The minimum absolute atomic E-state index is 0.730. The summed E-state index contributed by atoms with van der Waals surface area (Å²) in [6.45, 7) is 7.96. The van der Waals surface area contributed by atoms with Crippen LogP contribution in [-0.2, 0) is 4.74 Å². The number of hydrogen-bond acceptors (Lipinski definition) is 4. The molecule has 0 atom stereocenters. The lowest BCUT2D eigenvalue weighted by molar-refractivity contribution is 0.127. The molecule has 0 spiro atoms. The Kier molecular flexibility index (Phi) is 21.0. The molecule has 3 N–H and O–H groups in total. The zero-order chi connectivity index (χ0) is 24.5. The first-order valence-corrected chi connectivity index (χ1v) is 14.6. The molecular formula is C30H56N2O2. The van der Waals surface area contributed by atoms with Gasteiger partial charge in [0.15, 0.2) is 0 Å². The molecule has 198 valence electrons. The Hall–Kier alpha value is -1.42. The van der Waals surface area contributed by atoms with Crippen LogP contribution in [0.15, 0.2) is 18.2 Å². The summed E-state index contributed by atoms with van der Waals surface area (Å²) >= 11 is 0. The van der Waals surface area contributed by atoms with Gasteiger partial charge in [0.05, 0.1) is 18.0 Å². The number of anilines is 2. The number of benzene rings is 1. The topological polar surface area (TPSA) is 56.5 Å². The molecule has 1 aromatic rings. The van der Waals surface area contributed by atoms with Gasteiger partial charge in [0.1, 0.15) is 5.75 Å². The van der Waals surface area contributed by atoms with Crippen molar-refractivity contribution in [3.05, 3.63) is 18.2 Å². The largest absolute Gasteiger partial charge is 0.491 e. The van der Waals surface area contributed by atoms with Crippen LogP contribution >= 0.6 is 0 Å². The Balaban J connectivity index is 2.00. The third kappa shape index (κ3) is 17.1. The lowest BCUT2D eigenvalue weighted by atomic mass is 10.1. The maximum Gasteiger partial charge on any atom is 0.144 e. The van der Waals surface area contributed by atoms with Crippen LogP contribution in [0.2, 0.25) is 0 Å². The molecule has 1 aromatic carbocycles. The highest BCUT2D eigenvalue weighted by Crippen LogP contribution is 2.29. The quantitative estimate of drug-likeness (QED) is 0.109. The standard InChI is InChI=1S/C30H56N2O2/c1-3-5-7-9-11-13-15-18-25-33-26-20-17-24-32-28-22-21-23-29(30(28)31)34-27-19-16-14-12-10-8-6-4-2/h21-23,32H,3-20,24-27,31H2,1-2H3. The molecular weight excluding hydrogens is 420 g/mol. The van der Waals surface area contributed by atoms with E-state index in [0.29, 0.717) is 0 Å². The molecule has 0 saturated carbocycles. The van der Waals surface area contributed by atoms with Gasteiger partial charge >= 0.3 is 0 Å². The molecule has 0 saturated heterocycles. The third-order valence-electron chi connectivity index (χ3n) is 6.49. The molecule has 0 aromatic heterocycles. The zero-order valence-corrected chi connectivity index (χ0v) is 22.7. The lowest BCUT2D eigenvalue weighted by Crippen LogP contribution is -2.07. The minimum atomic E-state index is 0.730. The summed E-state index contributed by atoms with van der Waals surface area (Å²) in [5.41, 5.74) is 8.04. The Labute approximate surface area is 211 Å². The van der Waals surface area contributed by atoms with Crippen LogP contribution in [0.4, 0.5) is 11.4 Å². The van der Waals surface area contributed by atoms with Crippen LogP contribution < -0.4 is 15.8 Å². The summed E-state index contributed by atoms with van der Waals surface area (Å²) < 4.78 is 11.8. The van der Waals surface area contributed by atoms with Gasteiger partial charge in [0.25, 0.3) is 0 Å². The van der Waals surface area contributed by atoms with Crippen molar-refractivity contribution in [3.8, 4) is 5.75 Å². The Morgan fingerprint density at radius 3 is 1.71 bits per heavy atom. The molecule has 0 aliphatic rings. The zero-order valence-electron chi connectivity index (χ0n) is 22.7. The maximum atomic E-state index is 6.33. The molecule has 34 heavy (non-hydrogen) atoms. The van der Waals surface area contributed by atoms with Gasteiger partial charge in [-0.25, -0.2) is 0 Å². The van der Waals surface area contributed by atoms with Crippen LogP contribution in [0.3, 0.4) is 0 Å². The van der Waals surface area contributed by atoms with Crippen LogP contribution in [0.1, 0.15) is 129 Å². The molecule has 4 heteroatoms. The van der Waals surface area contributed by atoms with E-state index in [0.717, 1.165) is 62.8 Å². The first-order chi connectivity index (χ1) is 16.8. The molecule has 0 aliphatic carbocycles. The highest BCUT2D eigenvalue weighted by Gasteiger charge is 2.05. The van der Waals surface area contributed by atoms with E-state index in [1.807, 2.05) is 18.2 Å². The SMILES string of the molecule is CCCCCCCCCCOCCCCNc1cccc(OCCCCCCCCCC)c1N. The van der Waals surface area contributed by atoms with E-state index >= 15 is 0 Å². The normalized spacial score (nSPS) is 11.1. The number of nitrogens with two attached hydrogens (primary N) is 1. The highest BCUT2D eigenvalue weighted by molar-refractivity contribution is 5.72. The van der Waals surface area contributed by atoms with E-state index in [1.165, 1.54) is 96.3 Å². The molecule has 0 bridgehead atoms. The van der Waals surface area contributed by atoms with E-state index in [-0.39, 0.29) is 0 Å². The number of nitrogen functional groups attached to an aromatic ring is 1. The van der Waals surface area contributed by atoms with Gasteiger partial charge in [-0.1, -0.05) is 110 Å². The van der Waals surface area contributed by atoms with E-state index in [9.17, 15) is 0 Å². The Bertz CT molecular complexity index is 565. The molecule has 0 aliphatic heterocycles. The van der Waals surface area contributed by atoms with E-state index < -0.39 is 0 Å². The van der Waals surface area contributed by atoms with E-state index in [4.69, 9.17) is 15.2 Å². The van der Waals surface area contributed by atoms with Crippen LogP contribution in [-0.4, -0.2) is 26.4 Å². The second kappa shape index (κ2) is 23.3. The van der Waals surface area contributed by atoms with Gasteiger partial charge in [-0.05, 0) is 37.8 Å². The number of ether oxygens (including phenoxy) is 2. The van der Waals surface area contributed by atoms with Crippen molar-refractivity contribution < 1.29 is 9.47 Å². The summed E-state index contributed by atoms with van der Waals surface area (Å²) in [6, 6.07) is 6.04. The number of hydrogen-bond donors (Lipinski definition) is 2. The Morgan fingerprint density at radius 1 is 0.618 bits per heavy atom. The number of unbranched alkanes of at least 4 members (excludes halogenated alkanes) is 15. The molecule has 0 fully saturated rings. The first kappa shape index (κ1) is 30.6. The minimum Gasteiger partial charge on any atom is -0.491 e. The van der Waals surface area contributed by atoms with Crippen molar-refractivity contribution in [3.63, 3.8) is 0 Å². The maximum absolute atomic E-state index is 6.33. The fraction of sp³-hybridized carbons (Fsp3) is 0.800. The molecule has 0 heterocycles. The second-order valence-electron chi connectivity index (χ2n) is 9.76. The van der Waals surface area contributed by atoms with Crippen molar-refractivity contribution in [2.24, 2.45) is 0 Å². The van der Waals surface area contributed by atoms with Gasteiger partial charge in [0.2, 0.25) is 0 Å². The van der Waals surface area contributed by atoms with Crippen LogP contribution in [0.5, 0.6) is 5.75 Å². The average molecular weight is 477 g/mol. The van der Waals surface area contributed by atoms with Crippen molar-refractivity contribution in [1.29, 1.82) is 0 Å². The average Bonchev–Trinajstić information content (AvgIpc) is 2.85. The van der Waals surface area contributed by atoms with Gasteiger partial charge < -0.3 is 20.5 Å². The van der Waals surface area contributed by atoms with Crippen LogP contribution in [0.25, 0.3) is 0 Å². The van der Waals surface area contributed by atoms with Crippen molar-refractivity contribution in [2.45, 2.75) is 129 Å². The molecule has 0 amide bonds. The number of para-hydroxylation sites is 1. The van der Waals surface area contributed by atoms with Gasteiger partial charge in [-0.15, -0.1) is 0 Å². The third-order valence-corrected chi connectivity index (χ3v) is 6.49. The van der Waals surface area contributed by atoms with Gasteiger partial charge in [-0.2, -0.15) is 0 Å². The number of nitrogens with one attached hydrogen (secondary N) is 1. The highest BCUT2D eigenvalue weighted by atomic mass is 16.5. The second-order valence-corrected chi connectivity index (χ2v) is 9.76. The number of rotatable bonds is 25. The molecule has 0 radical (unpaired) electrons. The summed E-state index contributed by atoms with van der Waals surface area (Å²) in [7, 11) is 0. The molecule has 4 nitrogen and oxygen atoms in total. The van der Waals surface area contributed by atoms with Gasteiger partial charge in [-0.3, -0.25) is 0 Å². The van der Waals surface area contributed by atoms with Crippen LogP contribution in [0, 0.1) is 0 Å². The monoisotopic (exact) mass is 476 g/mol. The first-order valence-electron chi connectivity index (χ1n) is 14.6. The van der Waals surface area contributed by atoms with Crippen molar-refractivity contribution in [1.82, 2.24) is 0 Å². The lowest BCUT2D eigenvalue weighted by Gasteiger charge is -2.14.